The molecule has 98 valence electrons. The molecule has 2 heterocycles. The molecule has 0 aliphatic rings. The smallest absolute Gasteiger partial charge is 0.170 e. The predicted octanol–water partition coefficient (Wildman–Crippen LogP) is 2.61. The average molecular weight is 296 g/mol. The number of nitrogens with zero attached hydrogens (tertiary/aromatic N) is 5. The van der Waals surface area contributed by atoms with Crippen LogP contribution in [-0.4, -0.2) is 24.3 Å². The summed E-state index contributed by atoms with van der Waals surface area (Å²) in [6.07, 6.45) is 1.67. The zero-order valence-corrected chi connectivity index (χ0v) is 11.7. The molecule has 0 radical (unpaired) electrons. The van der Waals surface area contributed by atoms with Gasteiger partial charge in [0.25, 0.3) is 0 Å². The molecule has 7 heteroatoms. The van der Waals surface area contributed by atoms with Crippen LogP contribution in [0.2, 0.25) is 5.02 Å². The van der Waals surface area contributed by atoms with Crippen LogP contribution in [0.3, 0.4) is 0 Å². The minimum Gasteiger partial charge on any atom is -0.319 e. The van der Waals surface area contributed by atoms with Crippen LogP contribution in [0.15, 0.2) is 24.5 Å². The van der Waals surface area contributed by atoms with Crippen molar-refractivity contribution in [2.75, 3.05) is 0 Å². The molecule has 0 bridgehead atoms. The van der Waals surface area contributed by atoms with Crippen LogP contribution < -0.4 is 0 Å². The normalized spacial score (nSPS) is 11.3. The molecule has 0 amide bonds. The Morgan fingerprint density at radius 2 is 2.16 bits per heavy atom. The minimum atomic E-state index is 0.332. The zero-order valence-electron chi connectivity index (χ0n) is 10.2. The fourth-order valence-electron chi connectivity index (χ4n) is 2.02. The van der Waals surface area contributed by atoms with E-state index in [9.17, 15) is 0 Å². The lowest BCUT2D eigenvalue weighted by molar-refractivity contribution is 0.697. The number of hydrogen-bond acceptors (Lipinski definition) is 3. The number of alkyl halides is 1. The molecular formula is C12H11Cl2N5. The number of halogens is 2. The molecule has 0 aliphatic heterocycles. The third kappa shape index (κ3) is 2.31. The highest BCUT2D eigenvalue weighted by Crippen LogP contribution is 2.22. The topological polar surface area (TPSA) is 48.5 Å². The molecule has 3 rings (SSSR count). The van der Waals surface area contributed by atoms with Gasteiger partial charge in [0.15, 0.2) is 5.82 Å². The summed E-state index contributed by atoms with van der Waals surface area (Å²) in [6.45, 7) is 0.528. The van der Waals surface area contributed by atoms with Gasteiger partial charge in [-0.2, -0.15) is 5.10 Å². The van der Waals surface area contributed by atoms with Gasteiger partial charge in [-0.25, -0.2) is 9.97 Å². The summed E-state index contributed by atoms with van der Waals surface area (Å²) in [6, 6.07) is 5.58. The molecule has 2 aromatic heterocycles. The molecule has 19 heavy (non-hydrogen) atoms. The molecule has 0 unspecified atom stereocenters. The van der Waals surface area contributed by atoms with Crippen molar-refractivity contribution < 1.29 is 0 Å². The van der Waals surface area contributed by atoms with Crippen LogP contribution in [0, 0.1) is 0 Å². The Labute approximate surface area is 119 Å². The van der Waals surface area contributed by atoms with Crippen molar-refractivity contribution in [1.29, 1.82) is 0 Å². The molecule has 0 N–H and O–H groups in total. The van der Waals surface area contributed by atoms with E-state index in [1.807, 2.05) is 29.8 Å². The Kier molecular flexibility index (Phi) is 3.16. The maximum absolute atomic E-state index is 6.04. The highest BCUT2D eigenvalue weighted by Gasteiger charge is 2.12. The van der Waals surface area contributed by atoms with Crippen LogP contribution >= 0.6 is 23.2 Å². The van der Waals surface area contributed by atoms with Gasteiger partial charge in [0, 0.05) is 12.1 Å². The van der Waals surface area contributed by atoms with Crippen LogP contribution in [0.4, 0.5) is 0 Å². The number of imidazole rings is 1. The third-order valence-electron chi connectivity index (χ3n) is 2.86. The van der Waals surface area contributed by atoms with E-state index >= 15 is 0 Å². The van der Waals surface area contributed by atoms with E-state index in [4.69, 9.17) is 23.2 Å². The number of benzene rings is 1. The first kappa shape index (κ1) is 12.4. The van der Waals surface area contributed by atoms with Gasteiger partial charge in [-0.3, -0.25) is 4.68 Å². The largest absolute Gasteiger partial charge is 0.319 e. The van der Waals surface area contributed by atoms with Gasteiger partial charge < -0.3 is 4.57 Å². The van der Waals surface area contributed by atoms with Crippen LogP contribution in [0.5, 0.6) is 0 Å². The fraction of sp³-hybridized carbons (Fsp3) is 0.250. The summed E-state index contributed by atoms with van der Waals surface area (Å²) in [7, 11) is 1.84. The lowest BCUT2D eigenvalue weighted by Crippen LogP contribution is -2.06. The molecule has 1 aromatic carbocycles. The van der Waals surface area contributed by atoms with Gasteiger partial charge in [-0.1, -0.05) is 11.6 Å². The molecule has 5 nitrogen and oxygen atoms in total. The highest BCUT2D eigenvalue weighted by molar-refractivity contribution is 6.31. The van der Waals surface area contributed by atoms with E-state index in [1.165, 1.54) is 0 Å². The number of hydrogen-bond donors (Lipinski definition) is 0. The molecule has 0 aliphatic carbocycles. The Balaban J connectivity index is 2.12. The molecule has 0 saturated heterocycles. The van der Waals surface area contributed by atoms with Crippen LogP contribution in [0.1, 0.15) is 11.6 Å². The molecule has 0 spiro atoms. The van der Waals surface area contributed by atoms with Crippen molar-refractivity contribution in [3.63, 3.8) is 0 Å². The SMILES string of the molecule is Cn1cnc(Cn2c(CCl)nc3ccc(Cl)cc32)n1. The lowest BCUT2D eigenvalue weighted by Gasteiger charge is -2.04. The second-order valence-corrected chi connectivity index (χ2v) is 4.92. The summed E-state index contributed by atoms with van der Waals surface area (Å²) >= 11 is 12.0. The number of rotatable bonds is 3. The summed E-state index contributed by atoms with van der Waals surface area (Å²) in [5, 5.41) is 4.94. The molecule has 3 aromatic rings. The van der Waals surface area contributed by atoms with Gasteiger partial charge in [0.2, 0.25) is 0 Å². The van der Waals surface area contributed by atoms with E-state index in [-0.39, 0.29) is 0 Å². The standard InChI is InChI=1S/C12H11Cl2N5/c1-18-7-15-11(17-18)6-19-10-4-8(14)2-3-9(10)16-12(19)5-13/h2-4,7H,5-6H2,1H3. The quantitative estimate of drug-likeness (QED) is 0.698. The lowest BCUT2D eigenvalue weighted by atomic mass is 10.3. The number of aryl methyl sites for hydroxylation is 1. The highest BCUT2D eigenvalue weighted by atomic mass is 35.5. The van der Waals surface area contributed by atoms with Crippen LogP contribution in [0.25, 0.3) is 11.0 Å². The van der Waals surface area contributed by atoms with Gasteiger partial charge in [-0.05, 0) is 18.2 Å². The van der Waals surface area contributed by atoms with Crippen molar-refractivity contribution in [1.82, 2.24) is 24.3 Å². The first-order valence-electron chi connectivity index (χ1n) is 5.72. The van der Waals surface area contributed by atoms with Gasteiger partial charge in [-0.15, -0.1) is 11.6 Å². The van der Waals surface area contributed by atoms with E-state index in [0.717, 1.165) is 16.9 Å². The Bertz CT molecular complexity index is 731. The van der Waals surface area contributed by atoms with E-state index in [2.05, 4.69) is 15.1 Å². The first-order valence-corrected chi connectivity index (χ1v) is 6.64. The van der Waals surface area contributed by atoms with Gasteiger partial charge in [0.1, 0.15) is 12.2 Å². The van der Waals surface area contributed by atoms with Gasteiger partial charge >= 0.3 is 0 Å². The van der Waals surface area contributed by atoms with Crippen molar-refractivity contribution in [3.05, 3.63) is 41.2 Å². The monoisotopic (exact) mass is 295 g/mol. The van der Waals surface area contributed by atoms with E-state index in [1.54, 1.807) is 11.0 Å². The maximum Gasteiger partial charge on any atom is 0.170 e. The Morgan fingerprint density at radius 1 is 1.32 bits per heavy atom. The molecule has 0 fully saturated rings. The van der Waals surface area contributed by atoms with Crippen molar-refractivity contribution >= 4 is 34.2 Å². The van der Waals surface area contributed by atoms with Gasteiger partial charge in [0.05, 0.1) is 23.5 Å². The summed E-state index contributed by atoms with van der Waals surface area (Å²) in [5.74, 6) is 1.83. The van der Waals surface area contributed by atoms with Crippen LogP contribution in [-0.2, 0) is 19.5 Å². The summed E-state index contributed by atoms with van der Waals surface area (Å²) in [4.78, 5) is 8.71. The van der Waals surface area contributed by atoms with Crippen molar-refractivity contribution in [2.24, 2.45) is 7.05 Å². The maximum atomic E-state index is 6.04. The molecular weight excluding hydrogens is 285 g/mol. The summed E-state index contributed by atoms with van der Waals surface area (Å²) < 4.78 is 3.66. The number of aromatic nitrogens is 5. The predicted molar refractivity (Wildman–Crippen MR) is 74.4 cm³/mol. The van der Waals surface area contributed by atoms with Crippen molar-refractivity contribution in [3.8, 4) is 0 Å². The Morgan fingerprint density at radius 3 is 2.84 bits per heavy atom. The first-order chi connectivity index (χ1) is 9.17. The summed E-state index contributed by atoms with van der Waals surface area (Å²) in [5.41, 5.74) is 1.81. The molecule has 0 atom stereocenters. The second kappa shape index (κ2) is 4.83. The Hall–Kier alpha value is -1.59. The minimum absolute atomic E-state index is 0.332. The zero-order chi connectivity index (χ0) is 13.4. The fourth-order valence-corrected chi connectivity index (χ4v) is 2.39. The van der Waals surface area contributed by atoms with E-state index in [0.29, 0.717) is 23.3 Å². The third-order valence-corrected chi connectivity index (χ3v) is 3.33. The van der Waals surface area contributed by atoms with Crippen molar-refractivity contribution in [2.45, 2.75) is 12.4 Å². The molecule has 0 saturated carbocycles. The second-order valence-electron chi connectivity index (χ2n) is 4.22. The average Bonchev–Trinajstić information content (AvgIpc) is 2.94. The number of fused-ring (bicyclic) bond motifs is 1. The van der Waals surface area contributed by atoms with E-state index < -0.39 is 0 Å².